The van der Waals surface area contributed by atoms with Crippen LogP contribution in [0.15, 0.2) is 0 Å². The quantitative estimate of drug-likeness (QED) is 0.658. The molecule has 3 N–H and O–H groups in total. The molecule has 19 heavy (non-hydrogen) atoms. The highest BCUT2D eigenvalue weighted by Crippen LogP contribution is 2.12. The van der Waals surface area contributed by atoms with Crippen molar-refractivity contribution in [1.82, 2.24) is 5.32 Å². The molecule has 2 atom stereocenters. The maximum Gasteiger partial charge on any atom is 0.240 e. The Hall–Kier alpha value is -1.50. The van der Waals surface area contributed by atoms with Gasteiger partial charge >= 0.3 is 0 Å². The molecule has 0 heterocycles. The van der Waals surface area contributed by atoms with E-state index in [1.807, 2.05) is 20.8 Å². The summed E-state index contributed by atoms with van der Waals surface area (Å²) in [6.45, 7) is 7.77. The van der Waals surface area contributed by atoms with Gasteiger partial charge in [-0.15, -0.1) is 11.8 Å². The summed E-state index contributed by atoms with van der Waals surface area (Å²) in [6.07, 6.45) is 2.78. The molecule has 0 rings (SSSR count). The van der Waals surface area contributed by atoms with Crippen LogP contribution in [0.5, 0.6) is 0 Å². The van der Waals surface area contributed by atoms with Gasteiger partial charge in [0.1, 0.15) is 6.04 Å². The molecule has 0 aliphatic carbocycles. The van der Waals surface area contributed by atoms with Crippen molar-refractivity contribution in [2.45, 2.75) is 59.4 Å². The third-order valence-corrected chi connectivity index (χ3v) is 2.90. The van der Waals surface area contributed by atoms with Gasteiger partial charge in [-0.3, -0.25) is 9.59 Å². The van der Waals surface area contributed by atoms with E-state index in [0.29, 0.717) is 18.8 Å². The van der Waals surface area contributed by atoms with Crippen molar-refractivity contribution in [3.8, 4) is 11.8 Å². The van der Waals surface area contributed by atoms with E-state index < -0.39 is 11.9 Å². The molecule has 0 unspecified atom stereocenters. The second-order valence-corrected chi connectivity index (χ2v) is 5.21. The molecule has 4 heteroatoms. The van der Waals surface area contributed by atoms with E-state index >= 15 is 0 Å². The molecule has 108 valence electrons. The monoisotopic (exact) mass is 266 g/mol. The third kappa shape index (κ3) is 7.50. The van der Waals surface area contributed by atoms with Crippen molar-refractivity contribution < 1.29 is 9.59 Å². The predicted octanol–water partition coefficient (Wildman–Crippen LogP) is 1.83. The summed E-state index contributed by atoms with van der Waals surface area (Å²) in [4.78, 5) is 23.5. The molecule has 0 aromatic rings. The SMILES string of the molecule is CC#CC[C@H](CCC)C(=O)N[C@@H](CC(C)C)C(N)=O. The summed E-state index contributed by atoms with van der Waals surface area (Å²) in [6, 6.07) is -0.582. The number of primary amides is 1. The molecule has 4 nitrogen and oxygen atoms in total. The minimum atomic E-state index is -0.582. The number of rotatable bonds is 8. The standard InChI is InChI=1S/C15H26N2O2/c1-5-7-9-12(8-6-2)15(19)17-13(14(16)18)10-11(3)4/h11-13H,6,8-10H2,1-4H3,(H2,16,18)(H,17,19)/t12-,13-/m0/s1. The van der Waals surface area contributed by atoms with Crippen molar-refractivity contribution in [3.63, 3.8) is 0 Å². The van der Waals surface area contributed by atoms with Crippen LogP contribution >= 0.6 is 0 Å². The molecule has 0 saturated carbocycles. The van der Waals surface area contributed by atoms with E-state index in [1.54, 1.807) is 6.92 Å². The van der Waals surface area contributed by atoms with E-state index in [1.165, 1.54) is 0 Å². The second kappa shape index (κ2) is 9.43. The number of carbonyl (C=O) groups excluding carboxylic acids is 2. The summed E-state index contributed by atoms with van der Waals surface area (Å²) in [5.41, 5.74) is 5.33. The molecule has 0 aromatic heterocycles. The van der Waals surface area contributed by atoms with Crippen LogP contribution in [-0.4, -0.2) is 17.9 Å². The molecule has 0 fully saturated rings. The zero-order valence-corrected chi connectivity index (χ0v) is 12.5. The fraction of sp³-hybridized carbons (Fsp3) is 0.733. The van der Waals surface area contributed by atoms with Crippen molar-refractivity contribution in [2.75, 3.05) is 0 Å². The molecule has 0 aliphatic rings. The van der Waals surface area contributed by atoms with E-state index in [2.05, 4.69) is 17.2 Å². The fourth-order valence-corrected chi connectivity index (χ4v) is 1.91. The van der Waals surface area contributed by atoms with Crippen LogP contribution in [0.2, 0.25) is 0 Å². The number of hydrogen-bond donors (Lipinski definition) is 2. The van der Waals surface area contributed by atoms with Crippen LogP contribution in [-0.2, 0) is 9.59 Å². The van der Waals surface area contributed by atoms with Crippen molar-refractivity contribution in [2.24, 2.45) is 17.6 Å². The van der Waals surface area contributed by atoms with E-state index in [-0.39, 0.29) is 11.8 Å². The Labute approximate surface area is 116 Å². The van der Waals surface area contributed by atoms with Crippen molar-refractivity contribution in [1.29, 1.82) is 0 Å². The Morgan fingerprint density at radius 3 is 2.37 bits per heavy atom. The Morgan fingerprint density at radius 2 is 1.95 bits per heavy atom. The van der Waals surface area contributed by atoms with Crippen LogP contribution in [0.25, 0.3) is 0 Å². The molecule has 0 bridgehead atoms. The van der Waals surface area contributed by atoms with Gasteiger partial charge in [0.05, 0.1) is 0 Å². The van der Waals surface area contributed by atoms with Crippen LogP contribution in [0.4, 0.5) is 0 Å². The number of nitrogens with one attached hydrogen (secondary N) is 1. The van der Waals surface area contributed by atoms with Crippen molar-refractivity contribution in [3.05, 3.63) is 0 Å². The van der Waals surface area contributed by atoms with Crippen LogP contribution in [0.3, 0.4) is 0 Å². The minimum Gasteiger partial charge on any atom is -0.368 e. The van der Waals surface area contributed by atoms with E-state index in [4.69, 9.17) is 5.73 Å². The van der Waals surface area contributed by atoms with Gasteiger partial charge in [0.25, 0.3) is 0 Å². The summed E-state index contributed by atoms with van der Waals surface area (Å²) in [5, 5.41) is 2.76. The maximum atomic E-state index is 12.1. The Bertz CT molecular complexity index is 353. The molecular weight excluding hydrogens is 240 g/mol. The number of amides is 2. The minimum absolute atomic E-state index is 0.117. The summed E-state index contributed by atoms with van der Waals surface area (Å²) < 4.78 is 0. The van der Waals surface area contributed by atoms with Crippen LogP contribution < -0.4 is 11.1 Å². The summed E-state index contributed by atoms with van der Waals surface area (Å²) >= 11 is 0. The summed E-state index contributed by atoms with van der Waals surface area (Å²) in [5.74, 6) is 5.28. The van der Waals surface area contributed by atoms with Crippen LogP contribution in [0, 0.1) is 23.7 Å². The molecule has 0 radical (unpaired) electrons. The van der Waals surface area contributed by atoms with Crippen LogP contribution in [0.1, 0.15) is 53.4 Å². The highest BCUT2D eigenvalue weighted by Gasteiger charge is 2.23. The van der Waals surface area contributed by atoms with E-state index in [0.717, 1.165) is 12.8 Å². The first-order valence-electron chi connectivity index (χ1n) is 6.91. The van der Waals surface area contributed by atoms with Gasteiger partial charge in [0, 0.05) is 12.3 Å². The Morgan fingerprint density at radius 1 is 1.32 bits per heavy atom. The van der Waals surface area contributed by atoms with Gasteiger partial charge in [0.15, 0.2) is 0 Å². The van der Waals surface area contributed by atoms with Gasteiger partial charge in [0.2, 0.25) is 11.8 Å². The zero-order valence-electron chi connectivity index (χ0n) is 12.5. The topological polar surface area (TPSA) is 72.2 Å². The molecule has 0 aromatic carbocycles. The lowest BCUT2D eigenvalue weighted by Gasteiger charge is -2.20. The fourth-order valence-electron chi connectivity index (χ4n) is 1.91. The molecule has 0 aliphatic heterocycles. The lowest BCUT2D eigenvalue weighted by molar-refractivity contribution is -0.130. The number of nitrogens with two attached hydrogens (primary N) is 1. The van der Waals surface area contributed by atoms with Gasteiger partial charge in [-0.25, -0.2) is 0 Å². The van der Waals surface area contributed by atoms with Gasteiger partial charge in [-0.1, -0.05) is 27.2 Å². The molecular formula is C15H26N2O2. The van der Waals surface area contributed by atoms with Gasteiger partial charge in [-0.05, 0) is 25.7 Å². The molecule has 0 saturated heterocycles. The third-order valence-electron chi connectivity index (χ3n) is 2.90. The highest BCUT2D eigenvalue weighted by molar-refractivity contribution is 5.87. The lowest BCUT2D eigenvalue weighted by Crippen LogP contribution is -2.47. The lowest BCUT2D eigenvalue weighted by atomic mass is 9.97. The molecule has 2 amide bonds. The average molecular weight is 266 g/mol. The zero-order chi connectivity index (χ0) is 14.8. The average Bonchev–Trinajstić information content (AvgIpc) is 2.32. The second-order valence-electron chi connectivity index (χ2n) is 5.21. The first-order chi connectivity index (χ1) is 8.92. The smallest absolute Gasteiger partial charge is 0.240 e. The first-order valence-corrected chi connectivity index (χ1v) is 6.91. The maximum absolute atomic E-state index is 12.1. The predicted molar refractivity (Wildman–Crippen MR) is 77.0 cm³/mol. The Kier molecular flexibility index (Phi) is 8.69. The van der Waals surface area contributed by atoms with E-state index in [9.17, 15) is 9.59 Å². The highest BCUT2D eigenvalue weighted by atomic mass is 16.2. The largest absolute Gasteiger partial charge is 0.368 e. The summed E-state index contributed by atoms with van der Waals surface area (Å²) in [7, 11) is 0. The first kappa shape index (κ1) is 17.5. The Balaban J connectivity index is 4.63. The normalized spacial score (nSPS) is 13.3. The number of carbonyl (C=O) groups is 2. The van der Waals surface area contributed by atoms with Gasteiger partial charge < -0.3 is 11.1 Å². The molecule has 0 spiro atoms. The van der Waals surface area contributed by atoms with Crippen molar-refractivity contribution >= 4 is 11.8 Å². The number of hydrogen-bond acceptors (Lipinski definition) is 2. The van der Waals surface area contributed by atoms with Gasteiger partial charge in [-0.2, -0.15) is 0 Å².